The number of hydrogen-bond donors (Lipinski definition) is 2. The van der Waals surface area contributed by atoms with E-state index in [4.69, 9.17) is 9.11 Å². The third-order valence-corrected chi connectivity index (χ3v) is 9.56. The molecule has 0 bridgehead atoms. The maximum atomic E-state index is 11.9. The third-order valence-electron chi connectivity index (χ3n) is 7.39. The molecular weight excluding hydrogens is 784 g/mol. The monoisotopic (exact) mass is 818 g/mol. The zero-order chi connectivity index (χ0) is 37.0. The van der Waals surface area contributed by atoms with Crippen molar-refractivity contribution in [2.45, 2.75) is 112 Å². The molecule has 0 aromatic rings. The molecule has 0 radical (unpaired) electrons. The maximum absolute atomic E-state index is 11.9. The van der Waals surface area contributed by atoms with Crippen molar-refractivity contribution >= 4 is 67.7 Å². The Morgan fingerprint density at radius 1 is 0.558 bits per heavy atom. The van der Waals surface area contributed by atoms with Crippen LogP contribution in [0.15, 0.2) is 0 Å². The summed E-state index contributed by atoms with van der Waals surface area (Å²) in [5.74, 6) is -10.4. The molecule has 2 aliphatic heterocycles. The number of carboxylic acid groups (broad SMARTS) is 4. The summed E-state index contributed by atoms with van der Waals surface area (Å²) in [4.78, 5) is 90.9. The van der Waals surface area contributed by atoms with E-state index in [-0.39, 0.29) is 157 Å². The summed E-state index contributed by atoms with van der Waals surface area (Å²) in [6, 6.07) is -3.25. The maximum Gasteiger partial charge on any atom is 1.00 e. The molecule has 4 amide bonds. The minimum absolute atomic E-state index is 0. The molecule has 20 nitrogen and oxygen atoms in total. The summed E-state index contributed by atoms with van der Waals surface area (Å²) in [5.41, 5.74) is 0. The standard InChI is InChI=1S/2C13H19NO9S.4Na/c2*15-10-7-9(24(21,22)23)12(18)14(10)8(13(19)20)5-3-1-2-4-6-11(16)17;;;;/h2*8-9H,1-7H2,(H,16,17)(H,19,20)(H,21,22,23);;;;/q;;4*+1/p-4. The summed E-state index contributed by atoms with van der Waals surface area (Å²) in [7, 11) is -9.61. The summed E-state index contributed by atoms with van der Waals surface area (Å²) in [6.45, 7) is 0. The molecule has 2 saturated heterocycles. The summed E-state index contributed by atoms with van der Waals surface area (Å²) >= 11 is 0. The molecule has 4 unspecified atom stereocenters. The Bertz CT molecular complexity index is 1390. The summed E-state index contributed by atoms with van der Waals surface area (Å²) in [5, 5.41) is 38.9. The first-order chi connectivity index (χ1) is 22.1. The Labute approximate surface area is 388 Å². The van der Waals surface area contributed by atoms with E-state index >= 15 is 0 Å². The number of rotatable bonds is 20. The Kier molecular flexibility index (Phi) is 31.1. The zero-order valence-corrected chi connectivity index (χ0v) is 39.0. The van der Waals surface area contributed by atoms with Crippen LogP contribution in [0.25, 0.3) is 0 Å². The van der Waals surface area contributed by atoms with E-state index in [9.17, 15) is 75.6 Å². The van der Waals surface area contributed by atoms with Gasteiger partial charge in [-0.25, -0.2) is 0 Å². The Hall–Kier alpha value is -0.0200. The van der Waals surface area contributed by atoms with E-state index in [0.717, 1.165) is 0 Å². The smallest absolute Gasteiger partial charge is 0.550 e. The van der Waals surface area contributed by atoms with Gasteiger partial charge in [0, 0.05) is 11.9 Å². The van der Waals surface area contributed by atoms with Gasteiger partial charge in [-0.2, -0.15) is 16.8 Å². The molecule has 0 spiro atoms. The van der Waals surface area contributed by atoms with Gasteiger partial charge < -0.3 is 39.6 Å². The molecule has 0 aromatic carbocycles. The number of aliphatic carboxylic acids is 4. The fraction of sp³-hybridized carbons (Fsp3) is 0.692. The van der Waals surface area contributed by atoms with Gasteiger partial charge in [0.2, 0.25) is 11.8 Å². The van der Waals surface area contributed by atoms with Gasteiger partial charge in [-0.1, -0.05) is 38.5 Å². The van der Waals surface area contributed by atoms with Crippen LogP contribution in [0.2, 0.25) is 0 Å². The quantitative estimate of drug-likeness (QED) is 0.0498. The Balaban J connectivity index is -0.000000411. The fourth-order valence-corrected chi connectivity index (χ4v) is 6.43. The average molecular weight is 819 g/mol. The first-order valence-corrected chi connectivity index (χ1v) is 17.6. The molecule has 272 valence electrons. The van der Waals surface area contributed by atoms with E-state index in [1.165, 1.54) is 0 Å². The van der Waals surface area contributed by atoms with Crippen molar-refractivity contribution in [1.82, 2.24) is 9.80 Å². The molecule has 2 fully saturated rings. The van der Waals surface area contributed by atoms with Gasteiger partial charge in [0.15, 0.2) is 10.5 Å². The Morgan fingerprint density at radius 2 is 0.827 bits per heavy atom. The second kappa shape index (κ2) is 27.6. The van der Waals surface area contributed by atoms with Crippen molar-refractivity contribution in [3.63, 3.8) is 0 Å². The van der Waals surface area contributed by atoms with Crippen LogP contribution in [-0.2, 0) is 58.6 Å². The zero-order valence-electron chi connectivity index (χ0n) is 29.3. The van der Waals surface area contributed by atoms with Crippen LogP contribution in [0.3, 0.4) is 0 Å². The molecule has 26 heteroatoms. The second-order valence-corrected chi connectivity index (χ2v) is 14.1. The minimum Gasteiger partial charge on any atom is -0.550 e. The normalized spacial score (nSPS) is 18.0. The second-order valence-electron chi connectivity index (χ2n) is 10.9. The fourth-order valence-electron chi connectivity index (χ4n) is 4.99. The molecule has 2 heterocycles. The molecule has 2 N–H and O–H groups in total. The molecule has 2 aliphatic rings. The number of likely N-dealkylation sites (tertiary alicyclic amines) is 2. The van der Waals surface area contributed by atoms with E-state index in [0.29, 0.717) is 48.3 Å². The van der Waals surface area contributed by atoms with Crippen LogP contribution >= 0.6 is 0 Å². The number of amides is 4. The van der Waals surface area contributed by atoms with Gasteiger partial charge >= 0.3 is 118 Å². The van der Waals surface area contributed by atoms with Crippen molar-refractivity contribution in [3.05, 3.63) is 0 Å². The first-order valence-electron chi connectivity index (χ1n) is 14.6. The molecule has 2 rings (SSSR count). The van der Waals surface area contributed by atoms with Crippen molar-refractivity contribution in [2.75, 3.05) is 0 Å². The van der Waals surface area contributed by atoms with E-state index < -0.39 is 103 Å². The molecule has 0 aromatic heterocycles. The van der Waals surface area contributed by atoms with Gasteiger partial charge in [-0.05, 0) is 38.5 Å². The minimum atomic E-state index is -4.80. The van der Waals surface area contributed by atoms with Gasteiger partial charge in [-0.3, -0.25) is 38.1 Å². The first kappa shape index (κ1) is 58.7. The van der Waals surface area contributed by atoms with Crippen LogP contribution in [0, 0.1) is 0 Å². The van der Waals surface area contributed by atoms with Crippen LogP contribution in [0.5, 0.6) is 0 Å². The van der Waals surface area contributed by atoms with Crippen LogP contribution in [-0.4, -0.2) is 106 Å². The van der Waals surface area contributed by atoms with Crippen LogP contribution in [0.1, 0.15) is 89.9 Å². The topological polar surface area (TPSA) is 344 Å². The number of carbonyl (C=O) groups is 8. The van der Waals surface area contributed by atoms with Gasteiger partial charge in [0.05, 0.1) is 36.9 Å². The average Bonchev–Trinajstić information content (AvgIpc) is 3.41. The van der Waals surface area contributed by atoms with Crippen molar-refractivity contribution < 1.29 is 203 Å². The Morgan fingerprint density at radius 3 is 1.04 bits per heavy atom. The number of nitrogens with zero attached hydrogens (tertiary/aromatic N) is 2. The third kappa shape index (κ3) is 19.7. The number of carboxylic acids is 4. The molecule has 0 saturated carbocycles. The van der Waals surface area contributed by atoms with Crippen molar-refractivity contribution in [2.24, 2.45) is 0 Å². The van der Waals surface area contributed by atoms with Gasteiger partial charge in [0.25, 0.3) is 32.1 Å². The van der Waals surface area contributed by atoms with E-state index in [2.05, 4.69) is 0 Å². The summed E-state index contributed by atoms with van der Waals surface area (Å²) in [6.07, 6.45) is 0.948. The predicted molar refractivity (Wildman–Crippen MR) is 147 cm³/mol. The molecule has 0 aliphatic carbocycles. The number of carbonyl (C=O) groups excluding carboxylic acids is 8. The molecule has 52 heavy (non-hydrogen) atoms. The predicted octanol–water partition coefficient (Wildman–Crippen LogP) is -17.6. The molecule has 4 atom stereocenters. The van der Waals surface area contributed by atoms with Crippen LogP contribution < -0.4 is 139 Å². The van der Waals surface area contributed by atoms with E-state index in [1.54, 1.807) is 0 Å². The SMILES string of the molecule is O=C([O-])CCCCCCC(C(=O)[O-])N1C(=O)CC(S(=O)(=O)O)C1=O.O=C([O-])CCCCCCC(C(=O)[O-])N1C(=O)CC(S(=O)(=O)O)C1=O.[Na+].[Na+].[Na+].[Na+]. The van der Waals surface area contributed by atoms with Gasteiger partial charge in [-0.15, -0.1) is 0 Å². The largest absolute Gasteiger partial charge is 1.00 e. The van der Waals surface area contributed by atoms with Crippen LogP contribution in [0.4, 0.5) is 0 Å². The van der Waals surface area contributed by atoms with Crippen molar-refractivity contribution in [3.8, 4) is 0 Å². The number of unbranched alkanes of at least 4 members (excludes halogenated alkanes) is 6. The number of imide groups is 2. The molecular formula is C26H34N2Na4O18S2. The summed E-state index contributed by atoms with van der Waals surface area (Å²) < 4.78 is 62.1. The van der Waals surface area contributed by atoms with E-state index in [1.807, 2.05) is 0 Å². The number of hydrogen-bond acceptors (Lipinski definition) is 16. The van der Waals surface area contributed by atoms with Gasteiger partial charge in [0.1, 0.15) is 0 Å². The van der Waals surface area contributed by atoms with Crippen molar-refractivity contribution in [1.29, 1.82) is 0 Å².